The summed E-state index contributed by atoms with van der Waals surface area (Å²) in [5, 5.41) is 12.7. The van der Waals surface area contributed by atoms with Gasteiger partial charge in [-0.3, -0.25) is 0 Å². The van der Waals surface area contributed by atoms with Crippen LogP contribution < -0.4 is 20.7 Å². The van der Waals surface area contributed by atoms with Crippen LogP contribution in [0.15, 0.2) is 152 Å². The molecule has 0 aliphatic carbocycles. The van der Waals surface area contributed by atoms with E-state index in [1.54, 1.807) is 6.20 Å². The molecule has 12 heteroatoms. The number of allylic oxidation sites excluding steroid dienone is 2. The van der Waals surface area contributed by atoms with E-state index < -0.39 is 0 Å². The second-order valence-electron chi connectivity index (χ2n) is 16.8. The number of hydrogen-bond acceptors (Lipinski definition) is 10. The number of nitrogens with zero attached hydrogens (tertiary/aromatic N) is 7. The summed E-state index contributed by atoms with van der Waals surface area (Å²) in [7, 11) is 0. The van der Waals surface area contributed by atoms with E-state index in [9.17, 15) is 0 Å². The summed E-state index contributed by atoms with van der Waals surface area (Å²) in [5.41, 5.74) is 10.7. The van der Waals surface area contributed by atoms with Crippen molar-refractivity contribution < 1.29 is 9.47 Å². The highest BCUT2D eigenvalue weighted by atomic mass is 16.5. The minimum Gasteiger partial charge on any atom is -0.493 e. The van der Waals surface area contributed by atoms with Crippen molar-refractivity contribution in [2.45, 2.75) is 52.8 Å². The fourth-order valence-corrected chi connectivity index (χ4v) is 8.52. The summed E-state index contributed by atoms with van der Waals surface area (Å²) in [5.74, 6) is 1.99. The SMILES string of the molecule is C1=C\Cn2ccc3ccc(cc32)-c2ccnc(n2)Nc2cccc(c2)OCC/1.CCN(CC)CCNCCCc1ccc2cc1COC/C=C/Cn1ccc3ccc(cc31)-c1ccnc(n1)N2. The number of likely N-dealkylation sites (N-methyl/N-ethyl adjacent to an activating group) is 1. The molecular weight excluding hydrogens is 833 g/mol. The van der Waals surface area contributed by atoms with E-state index in [-0.39, 0.29) is 0 Å². The predicted octanol–water partition coefficient (Wildman–Crippen LogP) is 11.0. The topological polar surface area (TPSA) is 119 Å². The van der Waals surface area contributed by atoms with E-state index in [2.05, 4.69) is 157 Å². The highest BCUT2D eigenvalue weighted by molar-refractivity contribution is 5.86. The maximum Gasteiger partial charge on any atom is 0.227 e. The summed E-state index contributed by atoms with van der Waals surface area (Å²) < 4.78 is 16.5. The number of fused-ring (bicyclic) bond motifs is 12. The van der Waals surface area contributed by atoms with Crippen LogP contribution in [0.2, 0.25) is 0 Å². The quantitative estimate of drug-likeness (QED) is 0.0954. The molecule has 0 saturated heterocycles. The van der Waals surface area contributed by atoms with Gasteiger partial charge in [0.25, 0.3) is 0 Å². The molecule has 12 bridgehead atoms. The summed E-state index contributed by atoms with van der Waals surface area (Å²) in [6.45, 7) is 13.2. The summed E-state index contributed by atoms with van der Waals surface area (Å²) >= 11 is 0. The highest BCUT2D eigenvalue weighted by Gasteiger charge is 2.11. The second-order valence-corrected chi connectivity index (χ2v) is 16.8. The fourth-order valence-electron chi connectivity index (χ4n) is 8.52. The van der Waals surface area contributed by atoms with Crippen LogP contribution in [0.3, 0.4) is 0 Å². The molecule has 12 nitrogen and oxygen atoms in total. The Morgan fingerprint density at radius 3 is 2.03 bits per heavy atom. The van der Waals surface area contributed by atoms with E-state index >= 15 is 0 Å². The van der Waals surface area contributed by atoms with Crippen LogP contribution in [0.5, 0.6) is 5.75 Å². The molecule has 4 aromatic heterocycles. The number of anilines is 4. The Labute approximate surface area is 393 Å². The maximum absolute atomic E-state index is 6.10. The Morgan fingerprint density at radius 2 is 1.34 bits per heavy atom. The van der Waals surface area contributed by atoms with Crippen LogP contribution in [0, 0.1) is 0 Å². The maximum atomic E-state index is 6.10. The standard InChI is InChI=1S/C32H40N6O.C23H20N4O/c1-3-37(4-2)20-17-33-15-7-8-25-11-12-29-22-28(25)24-39-21-6-5-18-38-19-14-26-9-10-27(23-31(26)38)30-13-16-34-32(35-29)36-30;1-2-12-27-13-10-17-7-8-18(15-22(17)27)21-9-11-24-23(26-21)25-19-5-4-6-20(16-19)28-14-3-1/h5-6,9-14,16,19,22-23,33H,3-4,7-8,15,17-18,20-21,24H2,1-2H3,(H,34,35,36);1-2,4-11,13,15-16H,3,12,14H2,(H,24,25,26)/b6-5+;2-1-. The van der Waals surface area contributed by atoms with Crippen LogP contribution in [0.4, 0.5) is 23.3 Å². The Bertz CT molecular complexity index is 2950. The number of aryl methyl sites for hydroxylation is 1. The molecule has 0 unspecified atom stereocenters. The van der Waals surface area contributed by atoms with Gasteiger partial charge in [-0.1, -0.05) is 74.5 Å². The predicted molar refractivity (Wildman–Crippen MR) is 272 cm³/mol. The Kier molecular flexibility index (Phi) is 15.1. The highest BCUT2D eigenvalue weighted by Crippen LogP contribution is 2.28. The number of nitrogens with one attached hydrogen (secondary N) is 3. The molecular formula is C55H60N10O2. The Balaban J connectivity index is 0.000000177. The number of benzene rings is 4. The van der Waals surface area contributed by atoms with Gasteiger partial charge < -0.3 is 39.5 Å². The summed E-state index contributed by atoms with van der Waals surface area (Å²) in [6, 6.07) is 35.5. The third-order valence-corrected chi connectivity index (χ3v) is 12.3. The molecule has 2 aliphatic heterocycles. The van der Waals surface area contributed by atoms with Crippen molar-refractivity contribution in [1.29, 1.82) is 0 Å². The molecule has 0 radical (unpaired) electrons. The number of hydrogen-bond donors (Lipinski definition) is 3. The van der Waals surface area contributed by atoms with Crippen LogP contribution in [-0.4, -0.2) is 79.9 Å². The third-order valence-electron chi connectivity index (χ3n) is 12.3. The van der Waals surface area contributed by atoms with E-state index in [0.717, 1.165) is 105 Å². The molecule has 0 saturated carbocycles. The number of ether oxygens (including phenoxy) is 2. The van der Waals surface area contributed by atoms with Crippen molar-refractivity contribution in [3.63, 3.8) is 0 Å². The van der Waals surface area contributed by atoms with E-state index in [4.69, 9.17) is 19.4 Å². The summed E-state index contributed by atoms with van der Waals surface area (Å²) in [6.07, 6.45) is 19.5. The van der Waals surface area contributed by atoms with Gasteiger partial charge in [-0.25, -0.2) is 19.9 Å². The number of aromatic nitrogens is 6. The molecule has 0 fully saturated rings. The van der Waals surface area contributed by atoms with Gasteiger partial charge in [-0.15, -0.1) is 0 Å². The lowest BCUT2D eigenvalue weighted by Gasteiger charge is -2.18. The molecule has 8 aromatic rings. The van der Waals surface area contributed by atoms with Gasteiger partial charge in [0, 0.05) is 90.6 Å². The van der Waals surface area contributed by atoms with Crippen LogP contribution >= 0.6 is 0 Å². The zero-order chi connectivity index (χ0) is 45.6. The normalized spacial score (nSPS) is 14.6. The first kappa shape index (κ1) is 45.1. The van der Waals surface area contributed by atoms with Crippen LogP contribution in [0.25, 0.3) is 44.3 Å². The lowest BCUT2D eigenvalue weighted by Crippen LogP contribution is -2.32. The Morgan fingerprint density at radius 1 is 0.672 bits per heavy atom. The molecule has 2 aliphatic rings. The van der Waals surface area contributed by atoms with Crippen LogP contribution in [0.1, 0.15) is 37.8 Å². The van der Waals surface area contributed by atoms with Crippen molar-refractivity contribution in [1.82, 2.24) is 39.3 Å². The Hall–Kier alpha value is -7.12. The van der Waals surface area contributed by atoms with Gasteiger partial charge in [-0.05, 0) is 121 Å². The lowest BCUT2D eigenvalue weighted by molar-refractivity contribution is 0.148. The molecule has 0 amide bonds. The van der Waals surface area contributed by atoms with Crippen molar-refractivity contribution in [3.05, 3.63) is 163 Å². The van der Waals surface area contributed by atoms with Gasteiger partial charge in [0.05, 0.1) is 31.2 Å². The largest absolute Gasteiger partial charge is 0.493 e. The van der Waals surface area contributed by atoms with Gasteiger partial charge in [-0.2, -0.15) is 0 Å². The first-order valence-electron chi connectivity index (χ1n) is 23.6. The minimum atomic E-state index is 0.566. The van der Waals surface area contributed by atoms with Gasteiger partial charge >= 0.3 is 0 Å². The minimum absolute atomic E-state index is 0.566. The van der Waals surface area contributed by atoms with Crippen molar-refractivity contribution in [3.8, 4) is 28.3 Å². The van der Waals surface area contributed by atoms with Crippen molar-refractivity contribution >= 4 is 45.1 Å². The van der Waals surface area contributed by atoms with E-state index in [0.29, 0.717) is 31.7 Å². The molecule has 342 valence electrons. The smallest absolute Gasteiger partial charge is 0.227 e. The van der Waals surface area contributed by atoms with E-state index in [1.807, 2.05) is 42.6 Å². The number of rotatable bonds is 9. The van der Waals surface area contributed by atoms with Gasteiger partial charge in [0.1, 0.15) is 5.75 Å². The third kappa shape index (κ3) is 11.8. The molecule has 10 rings (SSSR count). The zero-order valence-corrected chi connectivity index (χ0v) is 38.6. The van der Waals surface area contributed by atoms with Gasteiger partial charge in [0.2, 0.25) is 11.9 Å². The molecule has 0 spiro atoms. The van der Waals surface area contributed by atoms with Crippen LogP contribution in [-0.2, 0) is 30.9 Å². The fraction of sp³-hybridized carbons (Fsp3) is 0.273. The second kappa shape index (κ2) is 22.4. The first-order valence-corrected chi connectivity index (χ1v) is 23.6. The van der Waals surface area contributed by atoms with E-state index in [1.165, 1.54) is 32.9 Å². The monoisotopic (exact) mass is 892 g/mol. The first-order chi connectivity index (χ1) is 33.1. The molecule has 67 heavy (non-hydrogen) atoms. The van der Waals surface area contributed by atoms with Crippen molar-refractivity contribution in [2.75, 3.05) is 56.6 Å². The molecule has 6 heterocycles. The average molecular weight is 893 g/mol. The molecule has 3 N–H and O–H groups in total. The van der Waals surface area contributed by atoms with Crippen molar-refractivity contribution in [2.24, 2.45) is 0 Å². The average Bonchev–Trinajstić information content (AvgIpc) is 3.97. The molecule has 0 atom stereocenters. The lowest BCUT2D eigenvalue weighted by atomic mass is 10.0. The summed E-state index contributed by atoms with van der Waals surface area (Å²) in [4.78, 5) is 20.8. The van der Waals surface area contributed by atoms with Gasteiger partial charge in [0.15, 0.2) is 0 Å². The molecule has 4 aromatic carbocycles. The zero-order valence-electron chi connectivity index (χ0n) is 38.6.